The smallest absolute Gasteiger partial charge is 0.142 e. The van der Waals surface area contributed by atoms with Crippen molar-refractivity contribution in [2.45, 2.75) is 19.8 Å². The lowest BCUT2D eigenvalue weighted by Crippen LogP contribution is -1.98. The van der Waals surface area contributed by atoms with Gasteiger partial charge in [-0.1, -0.05) is 30.0 Å². The van der Waals surface area contributed by atoms with Crippen LogP contribution in [0.3, 0.4) is 0 Å². The first-order valence-corrected chi connectivity index (χ1v) is 9.59. The molecule has 0 atom stereocenters. The van der Waals surface area contributed by atoms with Crippen LogP contribution < -0.4 is 0 Å². The van der Waals surface area contributed by atoms with Crippen LogP contribution in [0.1, 0.15) is 27.9 Å². The number of benzene rings is 3. The minimum absolute atomic E-state index is 0.258. The fourth-order valence-corrected chi connectivity index (χ4v) is 3.24. The van der Waals surface area contributed by atoms with Gasteiger partial charge in [-0.15, -0.1) is 0 Å². The Morgan fingerprint density at radius 1 is 0.767 bits per heavy atom. The van der Waals surface area contributed by atoms with Crippen LogP contribution in [0.2, 0.25) is 0 Å². The molecule has 3 aromatic carbocycles. The number of pyridine rings is 1. The molecule has 0 unspecified atom stereocenters. The van der Waals surface area contributed by atoms with Crippen molar-refractivity contribution in [1.29, 1.82) is 0 Å². The summed E-state index contributed by atoms with van der Waals surface area (Å²) < 4.78 is 42.3. The van der Waals surface area contributed by atoms with Crippen LogP contribution in [0.4, 0.5) is 13.2 Å². The molecule has 0 aliphatic carbocycles. The van der Waals surface area contributed by atoms with E-state index in [9.17, 15) is 13.2 Å². The maximum absolute atomic E-state index is 14.5. The molecule has 0 bridgehead atoms. The average molecular weight is 401 g/mol. The summed E-state index contributed by atoms with van der Waals surface area (Å²) in [6.45, 7) is 1.96. The zero-order valence-corrected chi connectivity index (χ0v) is 16.3. The minimum Gasteiger partial charge on any atom is -0.261 e. The molecule has 1 heterocycles. The van der Waals surface area contributed by atoms with Gasteiger partial charge in [0.1, 0.15) is 17.5 Å². The molecule has 0 saturated heterocycles. The standard InChI is InChI=1S/C26H18F3N/c1-17-2-9-23(30-16-17)10-4-19-13-25(28)24(26(29)14-19)11-5-18-3-6-21-15-22(27)8-7-20(21)12-18/h2-3,6-9,12-16H,4,10H2,1H3. The third-order valence-corrected chi connectivity index (χ3v) is 4.88. The van der Waals surface area contributed by atoms with Crippen LogP contribution in [-0.4, -0.2) is 4.98 Å². The van der Waals surface area contributed by atoms with E-state index in [4.69, 9.17) is 0 Å². The second kappa shape index (κ2) is 8.42. The highest BCUT2D eigenvalue weighted by Crippen LogP contribution is 2.19. The normalized spacial score (nSPS) is 10.7. The van der Waals surface area contributed by atoms with Gasteiger partial charge >= 0.3 is 0 Å². The fraction of sp³-hybridized carbons (Fsp3) is 0.115. The molecule has 0 amide bonds. The molecular weight excluding hydrogens is 383 g/mol. The van der Waals surface area contributed by atoms with Gasteiger partial charge in [-0.25, -0.2) is 13.2 Å². The molecule has 0 radical (unpaired) electrons. The van der Waals surface area contributed by atoms with E-state index in [1.807, 2.05) is 19.1 Å². The highest BCUT2D eigenvalue weighted by Gasteiger charge is 2.10. The third-order valence-electron chi connectivity index (χ3n) is 4.88. The van der Waals surface area contributed by atoms with Gasteiger partial charge in [0, 0.05) is 17.5 Å². The lowest BCUT2D eigenvalue weighted by molar-refractivity contribution is 0.573. The van der Waals surface area contributed by atoms with Crippen LogP contribution in [0.15, 0.2) is 66.9 Å². The van der Waals surface area contributed by atoms with Crippen molar-refractivity contribution in [2.75, 3.05) is 0 Å². The van der Waals surface area contributed by atoms with Crippen LogP contribution >= 0.6 is 0 Å². The Bertz CT molecular complexity index is 1260. The largest absolute Gasteiger partial charge is 0.261 e. The van der Waals surface area contributed by atoms with E-state index in [1.165, 1.54) is 24.3 Å². The highest BCUT2D eigenvalue weighted by atomic mass is 19.1. The zero-order chi connectivity index (χ0) is 21.1. The first-order valence-electron chi connectivity index (χ1n) is 9.59. The molecule has 0 saturated carbocycles. The number of fused-ring (bicyclic) bond motifs is 1. The maximum Gasteiger partial charge on any atom is 0.142 e. The summed E-state index contributed by atoms with van der Waals surface area (Å²) in [5.74, 6) is 3.71. The fourth-order valence-electron chi connectivity index (χ4n) is 3.24. The Labute approximate surface area is 173 Å². The van der Waals surface area contributed by atoms with E-state index < -0.39 is 11.6 Å². The number of hydrogen-bond donors (Lipinski definition) is 0. The van der Waals surface area contributed by atoms with Crippen LogP contribution in [0.5, 0.6) is 0 Å². The number of nitrogens with zero attached hydrogens (tertiary/aromatic N) is 1. The molecule has 1 nitrogen and oxygen atoms in total. The summed E-state index contributed by atoms with van der Waals surface area (Å²) in [5, 5.41) is 1.55. The summed E-state index contributed by atoms with van der Waals surface area (Å²) in [6.07, 6.45) is 2.86. The summed E-state index contributed by atoms with van der Waals surface area (Å²) >= 11 is 0. The highest BCUT2D eigenvalue weighted by molar-refractivity contribution is 5.84. The Morgan fingerprint density at radius 2 is 1.50 bits per heavy atom. The van der Waals surface area contributed by atoms with Crippen molar-refractivity contribution in [3.8, 4) is 11.8 Å². The molecule has 0 fully saturated rings. The second-order valence-corrected chi connectivity index (χ2v) is 7.22. The lowest BCUT2D eigenvalue weighted by Gasteiger charge is -2.05. The molecule has 0 aliphatic rings. The predicted molar refractivity (Wildman–Crippen MR) is 113 cm³/mol. The SMILES string of the molecule is Cc1ccc(CCc2cc(F)c(C#Cc3ccc4cc(F)ccc4c3)c(F)c2)nc1. The van der Waals surface area contributed by atoms with Gasteiger partial charge < -0.3 is 0 Å². The van der Waals surface area contributed by atoms with Crippen molar-refractivity contribution >= 4 is 10.8 Å². The van der Waals surface area contributed by atoms with Gasteiger partial charge in [0.25, 0.3) is 0 Å². The molecule has 4 rings (SSSR count). The summed E-state index contributed by atoms with van der Waals surface area (Å²) in [7, 11) is 0. The van der Waals surface area contributed by atoms with Crippen LogP contribution in [-0.2, 0) is 12.8 Å². The Balaban J connectivity index is 1.54. The summed E-state index contributed by atoms with van der Waals surface area (Å²) in [5.41, 5.74) is 2.85. The van der Waals surface area contributed by atoms with E-state index in [2.05, 4.69) is 16.8 Å². The van der Waals surface area contributed by atoms with Crippen molar-refractivity contribution in [2.24, 2.45) is 0 Å². The monoisotopic (exact) mass is 401 g/mol. The summed E-state index contributed by atoms with van der Waals surface area (Å²) in [4.78, 5) is 4.31. The number of rotatable bonds is 3. The first-order chi connectivity index (χ1) is 14.5. The van der Waals surface area contributed by atoms with Gasteiger partial charge in [-0.2, -0.15) is 0 Å². The van der Waals surface area contributed by atoms with Crippen molar-refractivity contribution < 1.29 is 13.2 Å². The zero-order valence-electron chi connectivity index (χ0n) is 16.3. The van der Waals surface area contributed by atoms with Crippen LogP contribution in [0.25, 0.3) is 10.8 Å². The number of hydrogen-bond acceptors (Lipinski definition) is 1. The van der Waals surface area contributed by atoms with E-state index in [0.29, 0.717) is 24.0 Å². The van der Waals surface area contributed by atoms with Crippen molar-refractivity contribution in [3.63, 3.8) is 0 Å². The number of halogens is 3. The van der Waals surface area contributed by atoms with E-state index in [1.54, 1.807) is 30.5 Å². The van der Waals surface area contributed by atoms with E-state index >= 15 is 0 Å². The molecule has 1 aromatic heterocycles. The van der Waals surface area contributed by atoms with E-state index in [0.717, 1.165) is 22.0 Å². The van der Waals surface area contributed by atoms with Crippen LogP contribution in [0, 0.1) is 36.2 Å². The second-order valence-electron chi connectivity index (χ2n) is 7.22. The molecule has 4 heteroatoms. The predicted octanol–water partition coefficient (Wildman–Crippen LogP) is 6.15. The molecular formula is C26H18F3N. The van der Waals surface area contributed by atoms with E-state index in [-0.39, 0.29) is 11.4 Å². The number of aryl methyl sites for hydroxylation is 3. The van der Waals surface area contributed by atoms with Gasteiger partial charge in [-0.3, -0.25) is 4.98 Å². The lowest BCUT2D eigenvalue weighted by atomic mass is 10.0. The van der Waals surface area contributed by atoms with Crippen molar-refractivity contribution in [1.82, 2.24) is 4.98 Å². The third kappa shape index (κ3) is 4.52. The summed E-state index contributed by atoms with van der Waals surface area (Å²) in [6, 6.07) is 16.2. The molecule has 0 aliphatic heterocycles. The first kappa shape index (κ1) is 19.7. The van der Waals surface area contributed by atoms with Gasteiger partial charge in [0.2, 0.25) is 0 Å². The van der Waals surface area contributed by atoms with Gasteiger partial charge in [0.15, 0.2) is 0 Å². The molecule has 30 heavy (non-hydrogen) atoms. The number of aromatic nitrogens is 1. The quantitative estimate of drug-likeness (QED) is 0.376. The molecule has 4 aromatic rings. The van der Waals surface area contributed by atoms with Gasteiger partial charge in [0.05, 0.1) is 5.56 Å². The topological polar surface area (TPSA) is 12.9 Å². The van der Waals surface area contributed by atoms with Crippen molar-refractivity contribution in [3.05, 3.63) is 112 Å². The van der Waals surface area contributed by atoms with Gasteiger partial charge in [-0.05, 0) is 84.1 Å². The Morgan fingerprint density at radius 3 is 2.23 bits per heavy atom. The average Bonchev–Trinajstić information content (AvgIpc) is 2.73. The molecule has 148 valence electrons. The Kier molecular flexibility index (Phi) is 5.54. The molecule has 0 spiro atoms. The maximum atomic E-state index is 14.5. The Hall–Kier alpha value is -3.58. The molecule has 0 N–H and O–H groups in total. The minimum atomic E-state index is -0.683.